The van der Waals surface area contributed by atoms with Crippen LogP contribution >= 0.6 is 11.3 Å². The molecular formula is C21H20IrNO2S-. The number of nitrogens with zero attached hydrogens (tertiary/aromatic N) is 1. The Morgan fingerprint density at radius 1 is 1.31 bits per heavy atom. The summed E-state index contributed by atoms with van der Waals surface area (Å²) < 4.78 is 1.26. The van der Waals surface area contributed by atoms with Gasteiger partial charge in [-0.15, -0.1) is 30.2 Å². The third kappa shape index (κ3) is 6.68. The maximum absolute atomic E-state index is 10.0. The van der Waals surface area contributed by atoms with Gasteiger partial charge >= 0.3 is 0 Å². The van der Waals surface area contributed by atoms with Crippen molar-refractivity contribution in [3.8, 4) is 10.6 Å². The van der Waals surface area contributed by atoms with Gasteiger partial charge in [0.15, 0.2) is 5.78 Å². The number of pyridine rings is 1. The van der Waals surface area contributed by atoms with Gasteiger partial charge in [0, 0.05) is 38.1 Å². The molecule has 1 radical (unpaired) electrons. The van der Waals surface area contributed by atoms with Crippen molar-refractivity contribution in [1.82, 2.24) is 4.98 Å². The molecule has 3 aromatic rings. The molecule has 5 heteroatoms. The summed E-state index contributed by atoms with van der Waals surface area (Å²) >= 11 is 1.74. The fraction of sp³-hybridized carbons (Fsp3) is 0.143. The molecule has 0 atom stereocenters. The number of aliphatic hydroxyl groups is 1. The molecular weight excluding hydrogens is 523 g/mol. The van der Waals surface area contributed by atoms with E-state index in [9.17, 15) is 4.79 Å². The largest absolute Gasteiger partial charge is 0.512 e. The molecule has 0 aliphatic rings. The molecule has 3 nitrogen and oxygen atoms in total. The second-order valence-electron chi connectivity index (χ2n) is 5.49. The maximum Gasteiger partial charge on any atom is 0.155 e. The van der Waals surface area contributed by atoms with Crippen LogP contribution < -0.4 is 0 Å². The Morgan fingerprint density at radius 2 is 2.08 bits per heavy atom. The fourth-order valence-electron chi connectivity index (χ4n) is 2.21. The van der Waals surface area contributed by atoms with Crippen molar-refractivity contribution in [2.75, 3.05) is 0 Å². The smallest absolute Gasteiger partial charge is 0.155 e. The van der Waals surface area contributed by atoms with Crippen LogP contribution in [0.5, 0.6) is 0 Å². The first-order chi connectivity index (χ1) is 12.0. The third-order valence-corrected chi connectivity index (χ3v) is 4.27. The van der Waals surface area contributed by atoms with Gasteiger partial charge in [-0.1, -0.05) is 29.8 Å². The number of fused-ring (bicyclic) bond motifs is 1. The summed E-state index contributed by atoms with van der Waals surface area (Å²) in [5, 5.41) is 9.52. The summed E-state index contributed by atoms with van der Waals surface area (Å²) in [6, 6.07) is 15.8. The summed E-state index contributed by atoms with van der Waals surface area (Å²) in [6.07, 6.45) is 5.82. The number of ketones is 1. The van der Waals surface area contributed by atoms with Gasteiger partial charge in [-0.2, -0.15) is 0 Å². The van der Waals surface area contributed by atoms with Crippen LogP contribution in [0, 0.1) is 6.07 Å². The Hall–Kier alpha value is -2.07. The topological polar surface area (TPSA) is 50.2 Å². The zero-order valence-corrected chi connectivity index (χ0v) is 17.9. The second kappa shape index (κ2) is 10.8. The molecule has 3 rings (SSSR count). The van der Waals surface area contributed by atoms with E-state index < -0.39 is 0 Å². The van der Waals surface area contributed by atoms with E-state index in [1.165, 1.54) is 30.2 Å². The van der Waals surface area contributed by atoms with Crippen LogP contribution in [0.2, 0.25) is 0 Å². The average molecular weight is 543 g/mol. The molecule has 137 valence electrons. The molecule has 0 bridgehead atoms. The molecule has 26 heavy (non-hydrogen) atoms. The van der Waals surface area contributed by atoms with Gasteiger partial charge in [-0.3, -0.25) is 4.79 Å². The summed E-state index contributed by atoms with van der Waals surface area (Å²) in [5.74, 6) is -0.0625. The summed E-state index contributed by atoms with van der Waals surface area (Å²) in [4.78, 5) is 15.5. The average Bonchev–Trinajstić information content (AvgIpc) is 2.98. The van der Waals surface area contributed by atoms with Gasteiger partial charge in [0.1, 0.15) is 0 Å². The number of aromatic nitrogens is 1. The zero-order chi connectivity index (χ0) is 18.2. The van der Waals surface area contributed by atoms with Gasteiger partial charge in [0.05, 0.1) is 5.76 Å². The Bertz CT molecular complexity index is 897. The predicted molar refractivity (Wildman–Crippen MR) is 105 cm³/mol. The first kappa shape index (κ1) is 22.0. The first-order valence-corrected chi connectivity index (χ1v) is 8.66. The van der Waals surface area contributed by atoms with Gasteiger partial charge in [0.25, 0.3) is 0 Å². The van der Waals surface area contributed by atoms with Crippen molar-refractivity contribution in [2.24, 2.45) is 0 Å². The maximum atomic E-state index is 10.0. The standard InChI is InChI=1S/C16H12NS.C5H8O2.Ir/c1-2-5-12-7-8-13-11-16(18-15(13)10-12)14-6-3-4-9-17-14;1-4(6)3-5(2)7;/h2-4,6-10H,1,5H2;3,6H,1-2H3;/q-1;;/b;4-3-;. The van der Waals surface area contributed by atoms with E-state index >= 15 is 0 Å². The van der Waals surface area contributed by atoms with Crippen molar-refractivity contribution < 1.29 is 30.0 Å². The predicted octanol–water partition coefficient (Wildman–Crippen LogP) is 5.53. The normalized spacial score (nSPS) is 10.5. The van der Waals surface area contributed by atoms with Gasteiger partial charge in [0.2, 0.25) is 0 Å². The number of carbonyl (C=O) groups is 1. The monoisotopic (exact) mass is 543 g/mol. The Kier molecular flexibility index (Phi) is 9.14. The van der Waals surface area contributed by atoms with Crippen LogP contribution in [-0.2, 0) is 31.3 Å². The van der Waals surface area contributed by atoms with Crippen LogP contribution in [0.4, 0.5) is 0 Å². The number of rotatable bonds is 4. The van der Waals surface area contributed by atoms with Gasteiger partial charge in [-0.25, -0.2) is 11.3 Å². The SMILES string of the molecule is C=CCc1ccc2[c-]c(-c3ccccn3)sc2c1.CC(=O)/C=C(/C)O.[Ir]. The van der Waals surface area contributed by atoms with Crippen molar-refractivity contribution in [3.63, 3.8) is 0 Å². The van der Waals surface area contributed by atoms with E-state index in [2.05, 4.69) is 35.8 Å². The number of thiophene rings is 1. The van der Waals surface area contributed by atoms with Gasteiger partial charge < -0.3 is 10.1 Å². The summed E-state index contributed by atoms with van der Waals surface area (Å²) in [6.45, 7) is 6.62. The van der Waals surface area contributed by atoms with E-state index in [4.69, 9.17) is 5.11 Å². The Labute approximate surface area is 171 Å². The van der Waals surface area contributed by atoms with E-state index in [-0.39, 0.29) is 31.6 Å². The molecule has 0 aliphatic carbocycles. The minimum Gasteiger partial charge on any atom is -0.512 e. The number of allylic oxidation sites excluding steroid dienone is 3. The first-order valence-electron chi connectivity index (χ1n) is 7.84. The van der Waals surface area contributed by atoms with Gasteiger partial charge in [-0.05, 0) is 35.9 Å². The molecule has 2 heterocycles. The van der Waals surface area contributed by atoms with E-state index in [0.717, 1.165) is 22.4 Å². The summed E-state index contributed by atoms with van der Waals surface area (Å²) in [5.41, 5.74) is 2.28. The third-order valence-electron chi connectivity index (χ3n) is 3.20. The van der Waals surface area contributed by atoms with E-state index in [1.807, 2.05) is 30.5 Å². The zero-order valence-electron chi connectivity index (χ0n) is 14.7. The molecule has 0 spiro atoms. The van der Waals surface area contributed by atoms with E-state index in [0.29, 0.717) is 0 Å². The number of hydrogen-bond donors (Lipinski definition) is 1. The number of benzene rings is 1. The number of hydrogen-bond acceptors (Lipinski definition) is 4. The van der Waals surface area contributed by atoms with Crippen LogP contribution in [0.1, 0.15) is 19.4 Å². The molecule has 0 saturated heterocycles. The molecule has 0 saturated carbocycles. The Balaban J connectivity index is 0.000000366. The Morgan fingerprint density at radius 3 is 2.62 bits per heavy atom. The van der Waals surface area contributed by atoms with E-state index in [1.54, 1.807) is 11.3 Å². The molecule has 2 aromatic heterocycles. The minimum atomic E-state index is -0.125. The quantitative estimate of drug-likeness (QED) is 0.204. The molecule has 1 N–H and O–H groups in total. The van der Waals surface area contributed by atoms with Crippen molar-refractivity contribution >= 4 is 27.2 Å². The second-order valence-corrected chi connectivity index (χ2v) is 6.54. The number of carbonyl (C=O) groups excluding carboxylic acids is 1. The number of aliphatic hydroxyl groups excluding tert-OH is 1. The minimum absolute atomic E-state index is 0. The molecule has 0 aliphatic heterocycles. The molecule has 1 aromatic carbocycles. The van der Waals surface area contributed by atoms with Crippen LogP contribution in [0.3, 0.4) is 0 Å². The van der Waals surface area contributed by atoms with Crippen molar-refractivity contribution in [3.05, 3.63) is 78.7 Å². The molecule has 0 unspecified atom stereocenters. The van der Waals surface area contributed by atoms with Crippen LogP contribution in [0.25, 0.3) is 20.7 Å². The molecule has 0 amide bonds. The van der Waals surface area contributed by atoms with Crippen molar-refractivity contribution in [2.45, 2.75) is 20.3 Å². The molecule has 0 fully saturated rings. The summed E-state index contributed by atoms with van der Waals surface area (Å²) in [7, 11) is 0. The van der Waals surface area contributed by atoms with Crippen molar-refractivity contribution in [1.29, 1.82) is 0 Å². The van der Waals surface area contributed by atoms with Crippen LogP contribution in [0.15, 0.2) is 67.1 Å². The fourth-order valence-corrected chi connectivity index (χ4v) is 3.26. The van der Waals surface area contributed by atoms with Crippen LogP contribution in [-0.4, -0.2) is 15.9 Å².